The molecule has 2 rings (SSSR count). The number of hydrogen-bond acceptors (Lipinski definition) is 4. The van der Waals surface area contributed by atoms with E-state index in [2.05, 4.69) is 9.82 Å². The average Bonchev–Trinajstić information content (AvgIpc) is 2.90. The van der Waals surface area contributed by atoms with Crippen molar-refractivity contribution in [1.29, 1.82) is 0 Å². The first-order chi connectivity index (χ1) is 10.3. The molecule has 1 aromatic carbocycles. The quantitative estimate of drug-likeness (QED) is 0.830. The van der Waals surface area contributed by atoms with Crippen LogP contribution in [-0.2, 0) is 30.0 Å². The normalized spacial score (nSPS) is 11.5. The summed E-state index contributed by atoms with van der Waals surface area (Å²) in [6.07, 6.45) is 3.78. The van der Waals surface area contributed by atoms with E-state index in [0.29, 0.717) is 12.0 Å². The van der Waals surface area contributed by atoms with E-state index in [9.17, 15) is 18.3 Å². The van der Waals surface area contributed by atoms with Gasteiger partial charge in [0.15, 0.2) is 0 Å². The van der Waals surface area contributed by atoms with E-state index in [1.54, 1.807) is 24.1 Å². The van der Waals surface area contributed by atoms with E-state index in [0.717, 1.165) is 5.56 Å². The molecular weight excluding hydrogens is 306 g/mol. The molecule has 0 atom stereocenters. The van der Waals surface area contributed by atoms with Gasteiger partial charge in [-0.1, -0.05) is 13.0 Å². The van der Waals surface area contributed by atoms with Crippen molar-refractivity contribution >= 4 is 16.0 Å². The van der Waals surface area contributed by atoms with Gasteiger partial charge in [0.25, 0.3) is 0 Å². The molecule has 0 unspecified atom stereocenters. The van der Waals surface area contributed by atoms with Gasteiger partial charge in [-0.05, 0) is 24.1 Å². The number of aromatic nitrogens is 2. The van der Waals surface area contributed by atoms with Gasteiger partial charge in [0.05, 0.1) is 16.7 Å². The first-order valence-corrected chi connectivity index (χ1v) is 8.15. The molecule has 0 spiro atoms. The lowest BCUT2D eigenvalue weighted by Crippen LogP contribution is -2.23. The Morgan fingerprint density at radius 1 is 1.41 bits per heavy atom. The highest BCUT2D eigenvalue weighted by Gasteiger charge is 2.18. The molecule has 2 N–H and O–H groups in total. The molecule has 0 aliphatic heterocycles. The summed E-state index contributed by atoms with van der Waals surface area (Å²) in [5, 5.41) is 13.1. The average molecular weight is 323 g/mol. The summed E-state index contributed by atoms with van der Waals surface area (Å²) < 4.78 is 28.5. The SMILES string of the molecule is CCc1ccc(S(=O)(=O)NCc2cnn(C)c2)cc1C(=O)O. The summed E-state index contributed by atoms with van der Waals surface area (Å²) in [5.41, 5.74) is 1.32. The maximum absolute atomic E-state index is 12.3. The van der Waals surface area contributed by atoms with Gasteiger partial charge in [-0.3, -0.25) is 4.68 Å². The Morgan fingerprint density at radius 3 is 2.68 bits per heavy atom. The molecule has 7 nitrogen and oxygen atoms in total. The van der Waals surface area contributed by atoms with Crippen LogP contribution in [0.5, 0.6) is 0 Å². The minimum atomic E-state index is -3.78. The van der Waals surface area contributed by atoms with Crippen LogP contribution < -0.4 is 4.72 Å². The number of carboxylic acids is 1. The monoisotopic (exact) mass is 323 g/mol. The van der Waals surface area contributed by atoms with Crippen molar-refractivity contribution in [3.05, 3.63) is 47.3 Å². The molecule has 118 valence electrons. The lowest BCUT2D eigenvalue weighted by atomic mass is 10.1. The van der Waals surface area contributed by atoms with Gasteiger partial charge in [0.2, 0.25) is 10.0 Å². The Kier molecular flexibility index (Phi) is 4.62. The van der Waals surface area contributed by atoms with Crippen LogP contribution in [0.4, 0.5) is 0 Å². The van der Waals surface area contributed by atoms with Crippen molar-refractivity contribution in [3.63, 3.8) is 0 Å². The van der Waals surface area contributed by atoms with E-state index in [1.165, 1.54) is 18.2 Å². The number of carbonyl (C=O) groups is 1. The molecule has 0 amide bonds. The molecule has 1 aromatic heterocycles. The Morgan fingerprint density at radius 2 is 2.14 bits per heavy atom. The summed E-state index contributed by atoms with van der Waals surface area (Å²) in [7, 11) is -2.04. The van der Waals surface area contributed by atoms with Crippen LogP contribution in [0, 0.1) is 0 Å². The molecule has 22 heavy (non-hydrogen) atoms. The van der Waals surface area contributed by atoms with E-state index in [1.807, 2.05) is 6.92 Å². The maximum atomic E-state index is 12.3. The van der Waals surface area contributed by atoms with Gasteiger partial charge >= 0.3 is 5.97 Å². The summed E-state index contributed by atoms with van der Waals surface area (Å²) in [5.74, 6) is -1.14. The number of aromatic carboxylic acids is 1. The second-order valence-electron chi connectivity index (χ2n) is 4.82. The van der Waals surface area contributed by atoms with E-state index < -0.39 is 16.0 Å². The van der Waals surface area contributed by atoms with Crippen molar-refractivity contribution < 1.29 is 18.3 Å². The molecule has 0 saturated heterocycles. The molecular formula is C14H17N3O4S. The Bertz CT molecular complexity index is 796. The standard InChI is InChI=1S/C14H17N3O4S/c1-3-11-4-5-12(6-13(11)14(18)19)22(20,21)16-8-10-7-15-17(2)9-10/h4-7,9,16H,3,8H2,1-2H3,(H,18,19). The van der Waals surface area contributed by atoms with Gasteiger partial charge in [0, 0.05) is 25.4 Å². The van der Waals surface area contributed by atoms with Crippen LogP contribution in [0.3, 0.4) is 0 Å². The lowest BCUT2D eigenvalue weighted by molar-refractivity contribution is 0.0695. The third-order valence-electron chi connectivity index (χ3n) is 3.23. The number of rotatable bonds is 6. The van der Waals surface area contributed by atoms with Crippen molar-refractivity contribution in [3.8, 4) is 0 Å². The highest BCUT2D eigenvalue weighted by Crippen LogP contribution is 2.17. The molecule has 2 aromatic rings. The first-order valence-electron chi connectivity index (χ1n) is 6.67. The summed E-state index contributed by atoms with van der Waals surface area (Å²) in [4.78, 5) is 11.2. The highest BCUT2D eigenvalue weighted by molar-refractivity contribution is 7.89. The molecule has 0 aliphatic rings. The number of aryl methyl sites for hydroxylation is 2. The van der Waals surface area contributed by atoms with Gasteiger partial charge < -0.3 is 5.11 Å². The molecule has 1 heterocycles. The zero-order valence-electron chi connectivity index (χ0n) is 12.3. The summed E-state index contributed by atoms with van der Waals surface area (Å²) in [6, 6.07) is 4.13. The van der Waals surface area contributed by atoms with Crippen molar-refractivity contribution in [2.75, 3.05) is 0 Å². The first kappa shape index (κ1) is 16.2. The molecule has 0 fully saturated rings. The minimum Gasteiger partial charge on any atom is -0.478 e. The molecule has 0 bridgehead atoms. The summed E-state index contributed by atoms with van der Waals surface area (Å²) >= 11 is 0. The predicted molar refractivity (Wildman–Crippen MR) is 80.0 cm³/mol. The number of nitrogens with one attached hydrogen (secondary N) is 1. The highest BCUT2D eigenvalue weighted by atomic mass is 32.2. The minimum absolute atomic E-state index is 0.00625. The van der Waals surface area contributed by atoms with E-state index in [4.69, 9.17) is 0 Å². The maximum Gasteiger partial charge on any atom is 0.336 e. The molecule has 8 heteroatoms. The zero-order chi connectivity index (χ0) is 16.3. The lowest BCUT2D eigenvalue weighted by Gasteiger charge is -2.09. The van der Waals surface area contributed by atoms with Crippen molar-refractivity contribution in [1.82, 2.24) is 14.5 Å². The fraction of sp³-hybridized carbons (Fsp3) is 0.286. The number of hydrogen-bond donors (Lipinski definition) is 2. The van der Waals surface area contributed by atoms with E-state index >= 15 is 0 Å². The second kappa shape index (κ2) is 6.29. The Hall–Kier alpha value is -2.19. The summed E-state index contributed by atoms with van der Waals surface area (Å²) in [6.45, 7) is 1.91. The number of carboxylic acid groups (broad SMARTS) is 1. The van der Waals surface area contributed by atoms with Crippen LogP contribution in [0.1, 0.15) is 28.4 Å². The smallest absolute Gasteiger partial charge is 0.336 e. The van der Waals surface area contributed by atoms with Gasteiger partial charge in [0.1, 0.15) is 0 Å². The van der Waals surface area contributed by atoms with Crippen LogP contribution in [0.25, 0.3) is 0 Å². The molecule has 0 aliphatic carbocycles. The Labute approximate surface area is 128 Å². The fourth-order valence-electron chi connectivity index (χ4n) is 2.05. The Balaban J connectivity index is 2.25. The van der Waals surface area contributed by atoms with E-state index in [-0.39, 0.29) is 17.0 Å². The van der Waals surface area contributed by atoms with Gasteiger partial charge in [-0.15, -0.1) is 0 Å². The topological polar surface area (TPSA) is 101 Å². The van der Waals surface area contributed by atoms with Gasteiger partial charge in [-0.2, -0.15) is 5.10 Å². The van der Waals surface area contributed by atoms with Crippen LogP contribution in [-0.4, -0.2) is 29.3 Å². The van der Waals surface area contributed by atoms with Crippen LogP contribution in [0.15, 0.2) is 35.5 Å². The zero-order valence-corrected chi connectivity index (χ0v) is 13.1. The predicted octanol–water partition coefficient (Wildman–Crippen LogP) is 1.16. The van der Waals surface area contributed by atoms with Crippen LogP contribution in [0.2, 0.25) is 0 Å². The van der Waals surface area contributed by atoms with Crippen molar-refractivity contribution in [2.24, 2.45) is 7.05 Å². The number of nitrogens with zero attached hydrogens (tertiary/aromatic N) is 2. The third-order valence-corrected chi connectivity index (χ3v) is 4.63. The second-order valence-corrected chi connectivity index (χ2v) is 6.59. The third kappa shape index (κ3) is 3.52. The number of benzene rings is 1. The van der Waals surface area contributed by atoms with Gasteiger partial charge in [-0.25, -0.2) is 17.9 Å². The van der Waals surface area contributed by atoms with Crippen LogP contribution >= 0.6 is 0 Å². The van der Waals surface area contributed by atoms with Crippen molar-refractivity contribution in [2.45, 2.75) is 24.8 Å². The fourth-order valence-corrected chi connectivity index (χ4v) is 3.10. The molecule has 0 radical (unpaired) electrons. The number of sulfonamides is 1. The molecule has 0 saturated carbocycles. The largest absolute Gasteiger partial charge is 0.478 e.